The lowest BCUT2D eigenvalue weighted by Gasteiger charge is -2.07. The molecule has 0 aliphatic rings. The fraction of sp³-hybridized carbons (Fsp3) is 0.133. The molecule has 0 saturated carbocycles. The number of benzene rings is 2. The smallest absolute Gasteiger partial charge is 0.251 e. The highest BCUT2D eigenvalue weighted by Gasteiger charge is 2.08. The van der Waals surface area contributed by atoms with Gasteiger partial charge in [-0.1, -0.05) is 6.07 Å². The Morgan fingerprint density at radius 2 is 1.90 bits per heavy atom. The summed E-state index contributed by atoms with van der Waals surface area (Å²) in [7, 11) is 0. The third-order valence-corrected chi connectivity index (χ3v) is 2.80. The average Bonchev–Trinajstić information content (AvgIpc) is 2.38. The van der Waals surface area contributed by atoms with Crippen LogP contribution in [0, 0.1) is 18.6 Å². The number of aryl methyl sites for hydroxylation is 1. The van der Waals surface area contributed by atoms with Crippen LogP contribution >= 0.6 is 0 Å². The van der Waals surface area contributed by atoms with Crippen LogP contribution in [-0.2, 0) is 6.54 Å². The number of amides is 1. The third-order valence-electron chi connectivity index (χ3n) is 2.80. The first-order chi connectivity index (χ1) is 9.45. The van der Waals surface area contributed by atoms with Gasteiger partial charge in [0.1, 0.15) is 0 Å². The van der Waals surface area contributed by atoms with Gasteiger partial charge in [-0.25, -0.2) is 8.78 Å². The topological polar surface area (TPSA) is 55.1 Å². The van der Waals surface area contributed by atoms with Crippen molar-refractivity contribution in [2.24, 2.45) is 0 Å². The summed E-state index contributed by atoms with van der Waals surface area (Å²) in [5.74, 6) is -2.16. The predicted octanol–water partition coefficient (Wildman–Crippen LogP) is 2.79. The van der Waals surface area contributed by atoms with Crippen LogP contribution in [0.1, 0.15) is 21.5 Å². The Morgan fingerprint density at radius 1 is 1.15 bits per heavy atom. The second-order valence-electron chi connectivity index (χ2n) is 4.56. The SMILES string of the molecule is Cc1cc(N)cc(C(=O)NCc2ccc(F)c(F)c2)c1. The van der Waals surface area contributed by atoms with Crippen LogP contribution in [-0.4, -0.2) is 5.91 Å². The van der Waals surface area contributed by atoms with Crippen molar-refractivity contribution in [2.45, 2.75) is 13.5 Å². The quantitative estimate of drug-likeness (QED) is 0.847. The van der Waals surface area contributed by atoms with E-state index in [0.717, 1.165) is 17.7 Å². The Kier molecular flexibility index (Phi) is 3.98. The molecule has 0 aliphatic carbocycles. The van der Waals surface area contributed by atoms with Crippen molar-refractivity contribution in [1.29, 1.82) is 0 Å². The number of rotatable bonds is 3. The van der Waals surface area contributed by atoms with Crippen LogP contribution in [0.5, 0.6) is 0 Å². The number of anilines is 1. The highest BCUT2D eigenvalue weighted by atomic mass is 19.2. The zero-order valence-electron chi connectivity index (χ0n) is 10.9. The van der Waals surface area contributed by atoms with Gasteiger partial charge in [0.05, 0.1) is 0 Å². The van der Waals surface area contributed by atoms with Gasteiger partial charge in [0.25, 0.3) is 5.91 Å². The summed E-state index contributed by atoms with van der Waals surface area (Å²) in [6, 6.07) is 8.53. The van der Waals surface area contributed by atoms with E-state index >= 15 is 0 Å². The van der Waals surface area contributed by atoms with E-state index in [1.165, 1.54) is 6.07 Å². The van der Waals surface area contributed by atoms with E-state index in [4.69, 9.17) is 5.73 Å². The van der Waals surface area contributed by atoms with Crippen molar-refractivity contribution in [1.82, 2.24) is 5.32 Å². The number of hydrogen-bond acceptors (Lipinski definition) is 2. The molecule has 2 aromatic carbocycles. The van der Waals surface area contributed by atoms with Crippen molar-refractivity contribution >= 4 is 11.6 Å². The van der Waals surface area contributed by atoms with Gasteiger partial charge < -0.3 is 11.1 Å². The summed E-state index contributed by atoms with van der Waals surface area (Å²) in [6.45, 7) is 1.95. The maximum Gasteiger partial charge on any atom is 0.251 e. The van der Waals surface area contributed by atoms with Crippen LogP contribution in [0.4, 0.5) is 14.5 Å². The molecule has 5 heteroatoms. The third kappa shape index (κ3) is 3.32. The molecule has 0 saturated heterocycles. The number of nitrogen functional groups attached to an aromatic ring is 1. The molecule has 1 amide bonds. The molecule has 2 aromatic rings. The zero-order valence-corrected chi connectivity index (χ0v) is 10.9. The highest BCUT2D eigenvalue weighted by Crippen LogP contribution is 2.12. The van der Waals surface area contributed by atoms with Gasteiger partial charge in [-0.2, -0.15) is 0 Å². The first-order valence-electron chi connectivity index (χ1n) is 6.05. The predicted molar refractivity (Wildman–Crippen MR) is 73.1 cm³/mol. The Hall–Kier alpha value is -2.43. The molecule has 3 nitrogen and oxygen atoms in total. The number of carbonyl (C=O) groups is 1. The van der Waals surface area contributed by atoms with Gasteiger partial charge in [-0.3, -0.25) is 4.79 Å². The lowest BCUT2D eigenvalue weighted by atomic mass is 10.1. The number of nitrogens with two attached hydrogens (primary N) is 1. The molecule has 0 aromatic heterocycles. The molecule has 2 rings (SSSR count). The maximum atomic E-state index is 13.0. The zero-order chi connectivity index (χ0) is 14.7. The minimum absolute atomic E-state index is 0.115. The van der Waals surface area contributed by atoms with Gasteiger partial charge in [-0.05, 0) is 48.4 Å². The van der Waals surface area contributed by atoms with Crippen LogP contribution < -0.4 is 11.1 Å². The molecular formula is C15H14F2N2O. The highest BCUT2D eigenvalue weighted by molar-refractivity contribution is 5.95. The average molecular weight is 276 g/mol. The summed E-state index contributed by atoms with van der Waals surface area (Å²) >= 11 is 0. The minimum Gasteiger partial charge on any atom is -0.399 e. The van der Waals surface area contributed by atoms with Crippen molar-refractivity contribution in [2.75, 3.05) is 5.73 Å². The Labute approximate surface area is 115 Å². The molecule has 0 bridgehead atoms. The van der Waals surface area contributed by atoms with Crippen molar-refractivity contribution in [3.8, 4) is 0 Å². The standard InChI is InChI=1S/C15H14F2N2O/c1-9-4-11(7-12(18)5-9)15(20)19-8-10-2-3-13(16)14(17)6-10/h2-7H,8,18H2,1H3,(H,19,20). The van der Waals surface area contributed by atoms with Gasteiger partial charge in [0, 0.05) is 17.8 Å². The van der Waals surface area contributed by atoms with Crippen LogP contribution in [0.2, 0.25) is 0 Å². The molecule has 3 N–H and O–H groups in total. The number of halogens is 2. The van der Waals surface area contributed by atoms with Crippen molar-refractivity contribution in [3.05, 3.63) is 64.7 Å². The van der Waals surface area contributed by atoms with Gasteiger partial charge in [0.2, 0.25) is 0 Å². The molecule has 0 fully saturated rings. The largest absolute Gasteiger partial charge is 0.399 e. The minimum atomic E-state index is -0.934. The van der Waals surface area contributed by atoms with Crippen LogP contribution in [0.15, 0.2) is 36.4 Å². The monoisotopic (exact) mass is 276 g/mol. The lowest BCUT2D eigenvalue weighted by Crippen LogP contribution is -2.23. The molecular weight excluding hydrogens is 262 g/mol. The summed E-state index contributed by atoms with van der Waals surface area (Å²) in [4.78, 5) is 11.9. The normalized spacial score (nSPS) is 10.3. The molecule has 104 valence electrons. The maximum absolute atomic E-state index is 13.0. The Bertz CT molecular complexity index is 636. The fourth-order valence-electron chi connectivity index (χ4n) is 1.88. The fourth-order valence-corrected chi connectivity index (χ4v) is 1.88. The van der Waals surface area contributed by atoms with E-state index in [0.29, 0.717) is 16.8 Å². The second kappa shape index (κ2) is 5.69. The number of carbonyl (C=O) groups excluding carboxylic acids is 1. The van der Waals surface area contributed by atoms with Crippen molar-refractivity contribution < 1.29 is 13.6 Å². The summed E-state index contributed by atoms with van der Waals surface area (Å²) in [5, 5.41) is 2.63. The van der Waals surface area contributed by atoms with E-state index in [1.54, 1.807) is 18.2 Å². The molecule has 0 spiro atoms. The molecule has 0 atom stereocenters. The first kappa shape index (κ1) is 14.0. The van der Waals surface area contributed by atoms with E-state index in [9.17, 15) is 13.6 Å². The summed E-state index contributed by atoms with van der Waals surface area (Å²) < 4.78 is 25.8. The van der Waals surface area contributed by atoms with Crippen LogP contribution in [0.25, 0.3) is 0 Å². The van der Waals surface area contributed by atoms with E-state index in [1.807, 2.05) is 6.92 Å². The Balaban J connectivity index is 2.06. The summed E-state index contributed by atoms with van der Waals surface area (Å²) in [5.41, 5.74) is 7.97. The van der Waals surface area contributed by atoms with Gasteiger partial charge >= 0.3 is 0 Å². The molecule has 0 radical (unpaired) electrons. The molecule has 20 heavy (non-hydrogen) atoms. The van der Waals surface area contributed by atoms with E-state index in [-0.39, 0.29) is 12.5 Å². The summed E-state index contributed by atoms with van der Waals surface area (Å²) in [6.07, 6.45) is 0. The van der Waals surface area contributed by atoms with Crippen molar-refractivity contribution in [3.63, 3.8) is 0 Å². The first-order valence-corrected chi connectivity index (χ1v) is 6.05. The molecule has 0 aliphatic heterocycles. The molecule has 0 unspecified atom stereocenters. The number of nitrogens with one attached hydrogen (secondary N) is 1. The second-order valence-corrected chi connectivity index (χ2v) is 4.56. The number of hydrogen-bond donors (Lipinski definition) is 2. The van der Waals surface area contributed by atoms with Crippen LogP contribution in [0.3, 0.4) is 0 Å². The van der Waals surface area contributed by atoms with Gasteiger partial charge in [-0.15, -0.1) is 0 Å². The molecule has 0 heterocycles. The van der Waals surface area contributed by atoms with E-state index < -0.39 is 11.6 Å². The Morgan fingerprint density at radius 3 is 2.55 bits per heavy atom. The lowest BCUT2D eigenvalue weighted by molar-refractivity contribution is 0.0951. The van der Waals surface area contributed by atoms with Gasteiger partial charge in [0.15, 0.2) is 11.6 Å². The van der Waals surface area contributed by atoms with E-state index in [2.05, 4.69) is 5.32 Å².